The van der Waals surface area contributed by atoms with Crippen molar-refractivity contribution in [1.82, 2.24) is 9.55 Å². The van der Waals surface area contributed by atoms with Crippen LogP contribution in [0.1, 0.15) is 32.5 Å². The van der Waals surface area contributed by atoms with Gasteiger partial charge in [0.25, 0.3) is 0 Å². The van der Waals surface area contributed by atoms with Crippen LogP contribution in [-0.2, 0) is 13.5 Å². The molecule has 0 aliphatic carbocycles. The van der Waals surface area contributed by atoms with Crippen molar-refractivity contribution >= 4 is 27.0 Å². The lowest BCUT2D eigenvalue weighted by Crippen LogP contribution is -2.08. The molecule has 0 amide bonds. The number of nitrogens with zero attached hydrogens (tertiary/aromatic N) is 2. The monoisotopic (exact) mass is 308 g/mol. The van der Waals surface area contributed by atoms with E-state index < -0.39 is 0 Å². The Morgan fingerprint density at radius 1 is 1.28 bits per heavy atom. The average molecular weight is 309 g/mol. The minimum Gasteiger partial charge on any atom is -0.331 e. The summed E-state index contributed by atoms with van der Waals surface area (Å²) in [7, 11) is 2.11. The molecule has 2 aromatic rings. The van der Waals surface area contributed by atoms with E-state index in [4.69, 9.17) is 4.98 Å². The zero-order chi connectivity index (χ0) is 13.1. The number of para-hydroxylation sites is 2. The molecule has 0 spiro atoms. The lowest BCUT2D eigenvalue weighted by molar-refractivity contribution is 0.555. The highest BCUT2D eigenvalue weighted by molar-refractivity contribution is 9.09. The Morgan fingerprint density at radius 2 is 2.00 bits per heavy atom. The minimum atomic E-state index is 0.618. The smallest absolute Gasteiger partial charge is 0.109 e. The van der Waals surface area contributed by atoms with Gasteiger partial charge in [-0.1, -0.05) is 41.9 Å². The van der Waals surface area contributed by atoms with E-state index in [9.17, 15) is 0 Å². The molecule has 0 fully saturated rings. The number of rotatable bonds is 5. The Morgan fingerprint density at radius 3 is 2.67 bits per heavy atom. The first-order chi connectivity index (χ1) is 8.59. The van der Waals surface area contributed by atoms with Crippen LogP contribution >= 0.6 is 15.9 Å². The largest absolute Gasteiger partial charge is 0.331 e. The predicted octanol–water partition coefficient (Wildman–Crippen LogP) is 4.32. The molecule has 0 aliphatic rings. The lowest BCUT2D eigenvalue weighted by atomic mass is 10.1. The number of aryl methyl sites for hydroxylation is 2. The normalized spacial score (nSPS) is 13.4. The van der Waals surface area contributed by atoms with E-state index in [1.807, 2.05) is 6.07 Å². The maximum absolute atomic E-state index is 4.70. The van der Waals surface area contributed by atoms with Gasteiger partial charge in [-0.3, -0.25) is 0 Å². The van der Waals surface area contributed by atoms with E-state index in [-0.39, 0.29) is 0 Å². The third kappa shape index (κ3) is 2.94. The summed E-state index contributed by atoms with van der Waals surface area (Å²) < 4.78 is 2.22. The van der Waals surface area contributed by atoms with Crippen LogP contribution in [0.2, 0.25) is 0 Å². The van der Waals surface area contributed by atoms with Gasteiger partial charge < -0.3 is 4.57 Å². The molecule has 0 bridgehead atoms. The van der Waals surface area contributed by atoms with Crippen LogP contribution < -0.4 is 0 Å². The average Bonchev–Trinajstić information content (AvgIpc) is 2.67. The van der Waals surface area contributed by atoms with Crippen molar-refractivity contribution in [3.8, 4) is 0 Å². The summed E-state index contributed by atoms with van der Waals surface area (Å²) in [6.07, 6.45) is 3.45. The van der Waals surface area contributed by atoms with E-state index in [0.717, 1.165) is 11.9 Å². The second-order valence-electron chi connectivity index (χ2n) is 5.23. The van der Waals surface area contributed by atoms with Gasteiger partial charge in [0.15, 0.2) is 0 Å². The van der Waals surface area contributed by atoms with E-state index in [1.165, 1.54) is 24.2 Å². The molecule has 98 valence electrons. The molecule has 18 heavy (non-hydrogen) atoms. The quantitative estimate of drug-likeness (QED) is 0.752. The van der Waals surface area contributed by atoms with Crippen molar-refractivity contribution in [2.45, 2.75) is 37.9 Å². The fourth-order valence-corrected chi connectivity index (χ4v) is 2.53. The maximum atomic E-state index is 4.70. The van der Waals surface area contributed by atoms with Gasteiger partial charge in [-0.05, 0) is 30.9 Å². The third-order valence-electron chi connectivity index (χ3n) is 3.48. The fraction of sp³-hybridized carbons (Fsp3) is 0.533. The zero-order valence-corrected chi connectivity index (χ0v) is 12.9. The molecule has 1 aromatic carbocycles. The van der Waals surface area contributed by atoms with E-state index >= 15 is 0 Å². The molecule has 0 saturated heterocycles. The number of hydrogen-bond donors (Lipinski definition) is 0. The lowest BCUT2D eigenvalue weighted by Gasteiger charge is -2.12. The number of benzene rings is 1. The number of hydrogen-bond acceptors (Lipinski definition) is 1. The summed E-state index contributed by atoms with van der Waals surface area (Å²) in [5, 5.41) is 0. The van der Waals surface area contributed by atoms with Gasteiger partial charge in [0.05, 0.1) is 11.0 Å². The van der Waals surface area contributed by atoms with Crippen LogP contribution in [0.25, 0.3) is 11.0 Å². The summed E-state index contributed by atoms with van der Waals surface area (Å²) in [6, 6.07) is 8.33. The Kier molecular flexibility index (Phi) is 4.44. The molecular formula is C15H21BrN2. The van der Waals surface area contributed by atoms with Crippen LogP contribution in [0.3, 0.4) is 0 Å². The second-order valence-corrected chi connectivity index (χ2v) is 6.40. The van der Waals surface area contributed by atoms with Gasteiger partial charge in [0.2, 0.25) is 0 Å². The molecule has 2 nitrogen and oxygen atoms in total. The SMILES string of the molecule is CC(C)C(Br)CCCc1nc2ccccc2n1C. The van der Waals surface area contributed by atoms with Gasteiger partial charge in [-0.2, -0.15) is 0 Å². The number of halogens is 1. The van der Waals surface area contributed by atoms with E-state index in [1.54, 1.807) is 0 Å². The molecule has 0 radical (unpaired) electrons. The highest BCUT2D eigenvalue weighted by Crippen LogP contribution is 2.20. The van der Waals surface area contributed by atoms with Crippen molar-refractivity contribution < 1.29 is 0 Å². The first-order valence-electron chi connectivity index (χ1n) is 6.64. The minimum absolute atomic E-state index is 0.618. The summed E-state index contributed by atoms with van der Waals surface area (Å²) >= 11 is 3.74. The molecule has 3 heteroatoms. The Hall–Kier alpha value is -0.830. The number of imidazole rings is 1. The van der Waals surface area contributed by atoms with Crippen molar-refractivity contribution in [3.05, 3.63) is 30.1 Å². The van der Waals surface area contributed by atoms with Gasteiger partial charge in [-0.25, -0.2) is 4.98 Å². The van der Waals surface area contributed by atoms with Crippen molar-refractivity contribution in [1.29, 1.82) is 0 Å². The highest BCUT2D eigenvalue weighted by Gasteiger charge is 2.11. The van der Waals surface area contributed by atoms with Crippen molar-refractivity contribution in [2.24, 2.45) is 13.0 Å². The van der Waals surface area contributed by atoms with Gasteiger partial charge >= 0.3 is 0 Å². The summed E-state index contributed by atoms with van der Waals surface area (Å²) in [5.74, 6) is 1.89. The van der Waals surface area contributed by atoms with Gasteiger partial charge in [0, 0.05) is 18.3 Å². The fourth-order valence-electron chi connectivity index (χ4n) is 2.21. The summed E-state index contributed by atoms with van der Waals surface area (Å²) in [6.45, 7) is 4.52. The molecule has 1 unspecified atom stereocenters. The van der Waals surface area contributed by atoms with Crippen molar-refractivity contribution in [2.75, 3.05) is 0 Å². The third-order valence-corrected chi connectivity index (χ3v) is 5.00. The van der Waals surface area contributed by atoms with E-state index in [0.29, 0.717) is 10.7 Å². The van der Waals surface area contributed by atoms with Crippen molar-refractivity contribution in [3.63, 3.8) is 0 Å². The maximum Gasteiger partial charge on any atom is 0.109 e. The van der Waals surface area contributed by atoms with Crippen LogP contribution in [0, 0.1) is 5.92 Å². The molecule has 1 heterocycles. The Labute approximate surface area is 118 Å². The van der Waals surface area contributed by atoms with Crippen LogP contribution in [0.15, 0.2) is 24.3 Å². The highest BCUT2D eigenvalue weighted by atomic mass is 79.9. The van der Waals surface area contributed by atoms with Gasteiger partial charge in [-0.15, -0.1) is 0 Å². The molecule has 1 aromatic heterocycles. The van der Waals surface area contributed by atoms with Crippen LogP contribution in [0.5, 0.6) is 0 Å². The second kappa shape index (κ2) is 5.87. The first-order valence-corrected chi connectivity index (χ1v) is 7.55. The number of alkyl halides is 1. The topological polar surface area (TPSA) is 17.8 Å². The number of fused-ring (bicyclic) bond motifs is 1. The Bertz CT molecular complexity index is 516. The van der Waals surface area contributed by atoms with Crippen LogP contribution in [0.4, 0.5) is 0 Å². The zero-order valence-electron chi connectivity index (χ0n) is 11.4. The van der Waals surface area contributed by atoms with E-state index in [2.05, 4.69) is 59.6 Å². The molecular weight excluding hydrogens is 288 g/mol. The molecule has 0 N–H and O–H groups in total. The molecule has 1 atom stereocenters. The first kappa shape index (κ1) is 13.6. The number of aromatic nitrogens is 2. The van der Waals surface area contributed by atoms with Crippen LogP contribution in [-0.4, -0.2) is 14.4 Å². The Balaban J connectivity index is 2.02. The predicted molar refractivity (Wildman–Crippen MR) is 81.2 cm³/mol. The molecule has 0 saturated carbocycles. The summed E-state index contributed by atoms with van der Waals surface area (Å²) in [4.78, 5) is 5.32. The standard InChI is InChI=1S/C15H21BrN2/c1-11(2)12(16)7-6-10-15-17-13-8-4-5-9-14(13)18(15)3/h4-5,8-9,11-12H,6-7,10H2,1-3H3. The molecule has 0 aliphatic heterocycles. The summed E-state index contributed by atoms with van der Waals surface area (Å²) in [5.41, 5.74) is 2.33. The van der Waals surface area contributed by atoms with Gasteiger partial charge in [0.1, 0.15) is 5.82 Å². The molecule has 2 rings (SSSR count).